The minimum Gasteiger partial charge on any atom is -0.492 e. The van der Waals surface area contributed by atoms with Crippen molar-refractivity contribution in [2.45, 2.75) is 6.92 Å². The molecule has 0 saturated carbocycles. The molecule has 2 aromatic rings. The average molecular weight is 242 g/mol. The third-order valence-corrected chi connectivity index (χ3v) is 2.33. The van der Waals surface area contributed by atoms with Gasteiger partial charge in [-0.1, -0.05) is 18.2 Å². The number of carbonyl (C=O) groups is 1. The molecule has 2 rings (SSSR count). The second-order valence-electron chi connectivity index (χ2n) is 3.60. The number of ether oxygens (including phenoxy) is 1. The van der Waals surface area contributed by atoms with Crippen molar-refractivity contribution < 1.29 is 9.53 Å². The van der Waals surface area contributed by atoms with Gasteiger partial charge in [-0.2, -0.15) is 0 Å². The minimum atomic E-state index is -0.247. The molecule has 1 amide bonds. The zero-order valence-corrected chi connectivity index (χ0v) is 10.1. The van der Waals surface area contributed by atoms with E-state index < -0.39 is 0 Å². The van der Waals surface area contributed by atoms with Crippen LogP contribution in [0.3, 0.4) is 0 Å². The quantitative estimate of drug-likeness (QED) is 0.896. The first-order chi connectivity index (χ1) is 8.81. The smallest absolute Gasteiger partial charge is 0.274 e. The summed E-state index contributed by atoms with van der Waals surface area (Å²) < 4.78 is 5.44. The third-order valence-electron chi connectivity index (χ3n) is 2.33. The lowest BCUT2D eigenvalue weighted by molar-refractivity contribution is 0.102. The van der Waals surface area contributed by atoms with Crippen molar-refractivity contribution in [1.29, 1.82) is 0 Å². The highest BCUT2D eigenvalue weighted by Crippen LogP contribution is 2.23. The summed E-state index contributed by atoms with van der Waals surface area (Å²) in [4.78, 5) is 15.9. The van der Waals surface area contributed by atoms with Gasteiger partial charge in [-0.25, -0.2) is 0 Å². The number of carbonyl (C=O) groups excluding carboxylic acids is 1. The predicted molar refractivity (Wildman–Crippen MR) is 69.8 cm³/mol. The molecule has 92 valence electrons. The second-order valence-corrected chi connectivity index (χ2v) is 3.60. The van der Waals surface area contributed by atoms with Crippen molar-refractivity contribution in [3.8, 4) is 5.75 Å². The number of hydrogen-bond donors (Lipinski definition) is 1. The number of amides is 1. The Morgan fingerprint density at radius 2 is 2.00 bits per heavy atom. The first-order valence-electron chi connectivity index (χ1n) is 5.75. The van der Waals surface area contributed by atoms with Gasteiger partial charge in [0, 0.05) is 6.20 Å². The fourth-order valence-electron chi connectivity index (χ4n) is 1.53. The van der Waals surface area contributed by atoms with Crippen molar-refractivity contribution in [3.63, 3.8) is 0 Å². The van der Waals surface area contributed by atoms with E-state index in [0.29, 0.717) is 23.7 Å². The topological polar surface area (TPSA) is 51.2 Å². The van der Waals surface area contributed by atoms with Crippen molar-refractivity contribution in [2.75, 3.05) is 11.9 Å². The van der Waals surface area contributed by atoms with Gasteiger partial charge in [-0.3, -0.25) is 9.78 Å². The van der Waals surface area contributed by atoms with Crippen LogP contribution < -0.4 is 10.1 Å². The summed E-state index contributed by atoms with van der Waals surface area (Å²) in [5.74, 6) is 0.409. The number of rotatable bonds is 4. The van der Waals surface area contributed by atoms with Crippen LogP contribution in [-0.4, -0.2) is 17.5 Å². The molecule has 0 aliphatic rings. The van der Waals surface area contributed by atoms with Crippen molar-refractivity contribution in [1.82, 2.24) is 4.98 Å². The molecule has 1 aromatic carbocycles. The van der Waals surface area contributed by atoms with Gasteiger partial charge in [0.15, 0.2) is 0 Å². The molecular weight excluding hydrogens is 228 g/mol. The van der Waals surface area contributed by atoms with E-state index in [4.69, 9.17) is 4.74 Å². The molecule has 0 atom stereocenters. The summed E-state index contributed by atoms with van der Waals surface area (Å²) in [5, 5.41) is 2.79. The van der Waals surface area contributed by atoms with E-state index in [-0.39, 0.29) is 5.91 Å². The summed E-state index contributed by atoms with van der Waals surface area (Å²) in [7, 11) is 0. The summed E-state index contributed by atoms with van der Waals surface area (Å²) >= 11 is 0. The standard InChI is InChI=1S/C14H14N2O2/c1-2-18-13-9-4-3-7-11(13)16-14(17)12-8-5-6-10-15-12/h3-10H,2H2,1H3,(H,16,17). The Bertz CT molecular complexity index is 526. The highest BCUT2D eigenvalue weighted by atomic mass is 16.5. The van der Waals surface area contributed by atoms with Gasteiger partial charge in [0.1, 0.15) is 11.4 Å². The highest BCUT2D eigenvalue weighted by molar-refractivity contribution is 6.03. The minimum absolute atomic E-state index is 0.247. The number of hydrogen-bond acceptors (Lipinski definition) is 3. The van der Waals surface area contributed by atoms with Crippen LogP contribution >= 0.6 is 0 Å². The first-order valence-corrected chi connectivity index (χ1v) is 5.75. The molecular formula is C14H14N2O2. The largest absolute Gasteiger partial charge is 0.492 e. The molecule has 0 spiro atoms. The van der Waals surface area contributed by atoms with Crippen LogP contribution in [0.4, 0.5) is 5.69 Å². The lowest BCUT2D eigenvalue weighted by Crippen LogP contribution is -2.14. The third kappa shape index (κ3) is 2.85. The molecule has 0 aliphatic carbocycles. The van der Waals surface area contributed by atoms with E-state index in [0.717, 1.165) is 0 Å². The summed E-state index contributed by atoms with van der Waals surface area (Å²) in [6.45, 7) is 2.45. The number of pyridine rings is 1. The Kier molecular flexibility index (Phi) is 3.91. The van der Waals surface area contributed by atoms with Crippen molar-refractivity contribution in [3.05, 3.63) is 54.4 Å². The Hall–Kier alpha value is -2.36. The molecule has 4 heteroatoms. The maximum absolute atomic E-state index is 11.9. The van der Waals surface area contributed by atoms with E-state index in [1.807, 2.05) is 25.1 Å². The van der Waals surface area contributed by atoms with E-state index in [1.54, 1.807) is 30.5 Å². The maximum atomic E-state index is 11.9. The Morgan fingerprint density at radius 3 is 2.72 bits per heavy atom. The lowest BCUT2D eigenvalue weighted by Gasteiger charge is -2.10. The molecule has 0 saturated heterocycles. The molecule has 0 aliphatic heterocycles. The van der Waals surface area contributed by atoms with Gasteiger partial charge in [0.25, 0.3) is 5.91 Å². The van der Waals surface area contributed by atoms with Crippen LogP contribution in [0, 0.1) is 0 Å². The van der Waals surface area contributed by atoms with Gasteiger partial charge in [0.05, 0.1) is 12.3 Å². The molecule has 0 radical (unpaired) electrons. The van der Waals surface area contributed by atoms with Crippen LogP contribution in [0.15, 0.2) is 48.7 Å². The number of nitrogens with zero attached hydrogens (tertiary/aromatic N) is 1. The molecule has 4 nitrogen and oxygen atoms in total. The van der Waals surface area contributed by atoms with Gasteiger partial charge in [-0.05, 0) is 31.2 Å². The Balaban J connectivity index is 2.17. The SMILES string of the molecule is CCOc1ccccc1NC(=O)c1ccccn1. The zero-order valence-electron chi connectivity index (χ0n) is 10.1. The summed E-state index contributed by atoms with van der Waals surface area (Å²) in [6.07, 6.45) is 1.59. The Morgan fingerprint density at radius 1 is 1.22 bits per heavy atom. The number of para-hydroxylation sites is 2. The number of benzene rings is 1. The summed E-state index contributed by atoms with van der Waals surface area (Å²) in [5.41, 5.74) is 1.03. The average Bonchev–Trinajstić information content (AvgIpc) is 2.42. The molecule has 0 bridgehead atoms. The Labute approximate surface area is 106 Å². The fourth-order valence-corrected chi connectivity index (χ4v) is 1.53. The fraction of sp³-hybridized carbons (Fsp3) is 0.143. The van der Waals surface area contributed by atoms with Crippen molar-refractivity contribution in [2.24, 2.45) is 0 Å². The summed E-state index contributed by atoms with van der Waals surface area (Å²) in [6, 6.07) is 12.5. The van der Waals surface area contributed by atoms with E-state index >= 15 is 0 Å². The zero-order chi connectivity index (χ0) is 12.8. The van der Waals surface area contributed by atoms with Gasteiger partial charge >= 0.3 is 0 Å². The van der Waals surface area contributed by atoms with Crippen LogP contribution in [0.5, 0.6) is 5.75 Å². The van der Waals surface area contributed by atoms with Gasteiger partial charge in [-0.15, -0.1) is 0 Å². The molecule has 1 N–H and O–H groups in total. The van der Waals surface area contributed by atoms with Gasteiger partial charge < -0.3 is 10.1 Å². The maximum Gasteiger partial charge on any atom is 0.274 e. The molecule has 18 heavy (non-hydrogen) atoms. The lowest BCUT2D eigenvalue weighted by atomic mass is 10.2. The molecule has 0 fully saturated rings. The first kappa shape index (κ1) is 12.1. The van der Waals surface area contributed by atoms with Gasteiger partial charge in [0.2, 0.25) is 0 Å². The van der Waals surface area contributed by atoms with E-state index in [9.17, 15) is 4.79 Å². The molecule has 1 aromatic heterocycles. The second kappa shape index (κ2) is 5.82. The van der Waals surface area contributed by atoms with Crippen LogP contribution in [-0.2, 0) is 0 Å². The molecule has 0 unspecified atom stereocenters. The van der Waals surface area contributed by atoms with Crippen LogP contribution in [0.25, 0.3) is 0 Å². The number of nitrogens with one attached hydrogen (secondary N) is 1. The number of aromatic nitrogens is 1. The predicted octanol–water partition coefficient (Wildman–Crippen LogP) is 2.73. The molecule has 1 heterocycles. The highest BCUT2D eigenvalue weighted by Gasteiger charge is 2.09. The van der Waals surface area contributed by atoms with Crippen molar-refractivity contribution >= 4 is 11.6 Å². The number of anilines is 1. The normalized spacial score (nSPS) is 9.83. The van der Waals surface area contributed by atoms with Crippen LogP contribution in [0.2, 0.25) is 0 Å². The van der Waals surface area contributed by atoms with E-state index in [2.05, 4.69) is 10.3 Å². The van der Waals surface area contributed by atoms with Crippen LogP contribution in [0.1, 0.15) is 17.4 Å². The monoisotopic (exact) mass is 242 g/mol. The van der Waals surface area contributed by atoms with E-state index in [1.165, 1.54) is 0 Å².